The monoisotopic (exact) mass is 328 g/mol. The zero-order valence-corrected chi connectivity index (χ0v) is 14.6. The van der Waals surface area contributed by atoms with E-state index in [1.54, 1.807) is 0 Å². The summed E-state index contributed by atoms with van der Waals surface area (Å²) in [6, 6.07) is 0. The van der Waals surface area contributed by atoms with Gasteiger partial charge in [0.2, 0.25) is 0 Å². The topological polar surface area (TPSA) is 83.5 Å². The number of hydrogen-bond acceptors (Lipinski definition) is 5. The minimum absolute atomic E-state index is 0.269. The highest BCUT2D eigenvalue weighted by Gasteiger charge is 2.22. The molecule has 0 aliphatic carbocycles. The zero-order chi connectivity index (χ0) is 17.7. The number of unbranched alkanes of at least 4 members (excludes halogenated alkanes) is 6. The van der Waals surface area contributed by atoms with Gasteiger partial charge in [-0.25, -0.2) is 0 Å². The van der Waals surface area contributed by atoms with Crippen LogP contribution in [0.5, 0.6) is 0 Å². The number of esters is 1. The van der Waals surface area contributed by atoms with Gasteiger partial charge in [-0.1, -0.05) is 25.7 Å². The van der Waals surface area contributed by atoms with E-state index in [4.69, 9.17) is 4.74 Å². The SMILES string of the molecule is C[N+](C)(C)CC(CC(=O)[O-])OC(=O)CCCCCCCC[C]=O. The number of carboxylic acid groups (broad SMARTS) is 1. The summed E-state index contributed by atoms with van der Waals surface area (Å²) in [5, 5.41) is 10.8. The summed E-state index contributed by atoms with van der Waals surface area (Å²) < 4.78 is 5.80. The molecular weight excluding hydrogens is 298 g/mol. The molecule has 0 aromatic heterocycles. The molecule has 1 unspecified atom stereocenters. The van der Waals surface area contributed by atoms with Crippen molar-refractivity contribution in [3.8, 4) is 0 Å². The lowest BCUT2D eigenvalue weighted by molar-refractivity contribution is -0.873. The molecule has 6 heteroatoms. The van der Waals surface area contributed by atoms with Crippen molar-refractivity contribution >= 4 is 18.2 Å². The highest BCUT2D eigenvalue weighted by atomic mass is 16.5. The summed E-state index contributed by atoms with van der Waals surface area (Å²) in [7, 11) is 5.75. The van der Waals surface area contributed by atoms with Crippen molar-refractivity contribution in [2.24, 2.45) is 0 Å². The number of likely N-dealkylation sites (N-methyl/N-ethyl adjacent to an activating group) is 1. The fourth-order valence-electron chi connectivity index (χ4n) is 2.36. The second-order valence-electron chi connectivity index (χ2n) is 6.93. The lowest BCUT2D eigenvalue weighted by Gasteiger charge is -2.29. The number of nitrogens with zero attached hydrogens (tertiary/aromatic N) is 1. The maximum atomic E-state index is 11.8. The smallest absolute Gasteiger partial charge is 0.306 e. The highest BCUT2D eigenvalue weighted by molar-refractivity contribution is 5.70. The number of rotatable bonds is 14. The summed E-state index contributed by atoms with van der Waals surface area (Å²) in [5.41, 5.74) is 0. The molecule has 0 aromatic carbocycles. The van der Waals surface area contributed by atoms with E-state index in [0.717, 1.165) is 38.5 Å². The Morgan fingerprint density at radius 1 is 1.04 bits per heavy atom. The number of aliphatic carboxylic acids is 1. The molecule has 0 aliphatic rings. The van der Waals surface area contributed by atoms with Crippen molar-refractivity contribution in [2.45, 2.75) is 63.9 Å². The van der Waals surface area contributed by atoms with E-state index >= 15 is 0 Å². The van der Waals surface area contributed by atoms with Crippen LogP contribution in [0.3, 0.4) is 0 Å². The first-order valence-electron chi connectivity index (χ1n) is 8.29. The van der Waals surface area contributed by atoms with Gasteiger partial charge in [0.15, 0.2) is 12.4 Å². The second-order valence-corrected chi connectivity index (χ2v) is 6.93. The van der Waals surface area contributed by atoms with Gasteiger partial charge in [0.05, 0.1) is 21.1 Å². The molecule has 0 heterocycles. The molecule has 0 aromatic rings. The minimum Gasteiger partial charge on any atom is -0.550 e. The van der Waals surface area contributed by atoms with Crippen molar-refractivity contribution in [3.63, 3.8) is 0 Å². The number of carboxylic acids is 1. The average molecular weight is 328 g/mol. The van der Waals surface area contributed by atoms with Crippen LogP contribution in [0.2, 0.25) is 0 Å². The van der Waals surface area contributed by atoms with Crippen LogP contribution in [0.4, 0.5) is 0 Å². The third-order valence-electron chi connectivity index (χ3n) is 3.35. The van der Waals surface area contributed by atoms with E-state index in [2.05, 4.69) is 0 Å². The predicted octanol–water partition coefficient (Wildman–Crippen LogP) is 0.975. The molecule has 0 bridgehead atoms. The number of carbonyl (C=O) groups excluding carboxylic acids is 3. The quantitative estimate of drug-likeness (QED) is 0.270. The Hall–Kier alpha value is -1.43. The number of carbonyl (C=O) groups is 2. The first-order chi connectivity index (χ1) is 10.7. The van der Waals surface area contributed by atoms with E-state index < -0.39 is 12.1 Å². The summed E-state index contributed by atoms with van der Waals surface area (Å²) in [6.45, 7) is 0.438. The summed E-state index contributed by atoms with van der Waals surface area (Å²) in [4.78, 5) is 32.6. The lowest BCUT2D eigenvalue weighted by Crippen LogP contribution is -2.45. The fourth-order valence-corrected chi connectivity index (χ4v) is 2.36. The largest absolute Gasteiger partial charge is 0.550 e. The molecule has 0 saturated carbocycles. The molecule has 0 fully saturated rings. The van der Waals surface area contributed by atoms with Crippen molar-refractivity contribution < 1.29 is 28.7 Å². The number of ether oxygens (including phenoxy) is 1. The van der Waals surface area contributed by atoms with Crippen LogP contribution in [-0.4, -0.2) is 56.5 Å². The molecule has 0 spiro atoms. The highest BCUT2D eigenvalue weighted by Crippen LogP contribution is 2.11. The van der Waals surface area contributed by atoms with Gasteiger partial charge >= 0.3 is 5.97 Å². The van der Waals surface area contributed by atoms with Crippen molar-refractivity contribution in [1.82, 2.24) is 0 Å². The van der Waals surface area contributed by atoms with Gasteiger partial charge in [0.25, 0.3) is 0 Å². The van der Waals surface area contributed by atoms with Crippen LogP contribution in [0.25, 0.3) is 0 Å². The Kier molecular flexibility index (Phi) is 11.3. The Morgan fingerprint density at radius 2 is 1.61 bits per heavy atom. The van der Waals surface area contributed by atoms with Gasteiger partial charge in [-0.15, -0.1) is 0 Å². The molecule has 0 aliphatic heterocycles. The normalized spacial score (nSPS) is 12.7. The van der Waals surface area contributed by atoms with E-state index in [0.29, 0.717) is 23.9 Å². The maximum absolute atomic E-state index is 11.8. The predicted molar refractivity (Wildman–Crippen MR) is 85.0 cm³/mol. The number of quaternary nitrogens is 1. The van der Waals surface area contributed by atoms with Gasteiger partial charge in [-0.3, -0.25) is 9.59 Å². The molecule has 1 atom stereocenters. The Morgan fingerprint density at radius 3 is 2.13 bits per heavy atom. The zero-order valence-electron chi connectivity index (χ0n) is 14.6. The minimum atomic E-state index is -1.20. The van der Waals surface area contributed by atoms with Crippen LogP contribution in [-0.2, 0) is 19.1 Å². The molecule has 23 heavy (non-hydrogen) atoms. The third kappa shape index (κ3) is 15.2. The standard InChI is InChI=1S/C17H30NO5/c1-18(2,3)14-15(13-16(20)21)23-17(22)11-9-7-5-4-6-8-10-12-19/h15H,4-11,13-14H2,1-3H3. The first kappa shape index (κ1) is 21.6. The van der Waals surface area contributed by atoms with Crippen molar-refractivity contribution in [1.29, 1.82) is 0 Å². The molecule has 0 amide bonds. The summed E-state index contributed by atoms with van der Waals surface area (Å²) in [5.74, 6) is -1.55. The molecule has 133 valence electrons. The molecule has 1 radical (unpaired) electrons. The third-order valence-corrected chi connectivity index (χ3v) is 3.35. The van der Waals surface area contributed by atoms with E-state index in [-0.39, 0.29) is 12.4 Å². The maximum Gasteiger partial charge on any atom is 0.306 e. The molecule has 0 rings (SSSR count). The average Bonchev–Trinajstić information content (AvgIpc) is 2.39. The Balaban J connectivity index is 3.90. The van der Waals surface area contributed by atoms with Crippen LogP contribution < -0.4 is 5.11 Å². The van der Waals surface area contributed by atoms with Crippen LogP contribution in [0, 0.1) is 0 Å². The molecule has 6 nitrogen and oxygen atoms in total. The number of hydrogen-bond donors (Lipinski definition) is 0. The Bertz CT molecular complexity index is 362. The summed E-state index contributed by atoms with van der Waals surface area (Å²) in [6.07, 6.45) is 7.39. The second kappa shape index (κ2) is 12.0. The van der Waals surface area contributed by atoms with Gasteiger partial charge in [-0.2, -0.15) is 0 Å². The van der Waals surface area contributed by atoms with Crippen molar-refractivity contribution in [2.75, 3.05) is 27.7 Å². The summed E-state index contributed by atoms with van der Waals surface area (Å²) >= 11 is 0. The van der Waals surface area contributed by atoms with Crippen LogP contribution >= 0.6 is 0 Å². The van der Waals surface area contributed by atoms with Crippen molar-refractivity contribution in [3.05, 3.63) is 0 Å². The van der Waals surface area contributed by atoms with Gasteiger partial charge in [0.1, 0.15) is 6.54 Å². The van der Waals surface area contributed by atoms with E-state index in [1.807, 2.05) is 27.4 Å². The van der Waals surface area contributed by atoms with Gasteiger partial charge in [0, 0.05) is 25.2 Å². The van der Waals surface area contributed by atoms with Crippen LogP contribution in [0.15, 0.2) is 0 Å². The fraction of sp³-hybridized carbons (Fsp3) is 0.824. The molecular formula is C17H30NO5. The lowest BCUT2D eigenvalue weighted by atomic mass is 10.1. The van der Waals surface area contributed by atoms with E-state index in [1.165, 1.54) is 0 Å². The van der Waals surface area contributed by atoms with Crippen LogP contribution in [0.1, 0.15) is 57.8 Å². The molecule has 0 saturated heterocycles. The van der Waals surface area contributed by atoms with Gasteiger partial charge < -0.3 is 19.1 Å². The van der Waals surface area contributed by atoms with E-state index in [9.17, 15) is 19.5 Å². The molecule has 0 N–H and O–H groups in total. The van der Waals surface area contributed by atoms with Gasteiger partial charge in [-0.05, 0) is 12.8 Å². The Labute approximate surface area is 139 Å². The first-order valence-corrected chi connectivity index (χ1v) is 8.29.